The minimum atomic E-state index is -3.09. The maximum Gasteiger partial charge on any atom is 0.244 e. The van der Waals surface area contributed by atoms with Crippen LogP contribution in [0.1, 0.15) is 34.5 Å². The summed E-state index contributed by atoms with van der Waals surface area (Å²) < 4.78 is 24.9. The molecule has 1 saturated heterocycles. The maximum absolute atomic E-state index is 12.1. The standard InChI is InChI=1S/C19H24N4O3S/c1-13-4-6-16(7-5-13)11-23-15(3)18(14(2)22-23)10-20-21-19(24)17-8-9-27(25,26)12-17/h4-7,10,17H,8-9,11-12H2,1-3H3,(H,21,24)/b20-10-/t17-/m0/s1. The van der Waals surface area contributed by atoms with Crippen molar-refractivity contribution in [1.29, 1.82) is 0 Å². The molecule has 2 heterocycles. The summed E-state index contributed by atoms with van der Waals surface area (Å²) in [6.07, 6.45) is 1.93. The first kappa shape index (κ1) is 19.3. The van der Waals surface area contributed by atoms with Crippen LogP contribution in [0.15, 0.2) is 29.4 Å². The molecule has 8 heteroatoms. The summed E-state index contributed by atoms with van der Waals surface area (Å²) in [5.74, 6) is -0.895. The minimum Gasteiger partial charge on any atom is -0.273 e. The number of aryl methyl sites for hydroxylation is 2. The van der Waals surface area contributed by atoms with E-state index in [0.717, 1.165) is 22.5 Å². The van der Waals surface area contributed by atoms with Gasteiger partial charge in [0.1, 0.15) is 0 Å². The number of rotatable bonds is 5. The van der Waals surface area contributed by atoms with Crippen molar-refractivity contribution in [2.45, 2.75) is 33.7 Å². The van der Waals surface area contributed by atoms with Crippen LogP contribution in [0.3, 0.4) is 0 Å². The van der Waals surface area contributed by atoms with Gasteiger partial charge in [0, 0.05) is 11.3 Å². The zero-order valence-electron chi connectivity index (χ0n) is 15.8. The number of carbonyl (C=O) groups is 1. The van der Waals surface area contributed by atoms with E-state index in [4.69, 9.17) is 0 Å². The summed E-state index contributed by atoms with van der Waals surface area (Å²) in [4.78, 5) is 12.1. The van der Waals surface area contributed by atoms with E-state index in [0.29, 0.717) is 13.0 Å². The molecule has 1 aromatic carbocycles. The van der Waals surface area contributed by atoms with E-state index in [1.165, 1.54) is 5.56 Å². The minimum absolute atomic E-state index is 0.0683. The summed E-state index contributed by atoms with van der Waals surface area (Å²) >= 11 is 0. The third-order valence-corrected chi connectivity index (χ3v) is 6.63. The van der Waals surface area contributed by atoms with Crippen molar-refractivity contribution in [1.82, 2.24) is 15.2 Å². The van der Waals surface area contributed by atoms with Gasteiger partial charge < -0.3 is 0 Å². The lowest BCUT2D eigenvalue weighted by Gasteiger charge is -2.06. The number of sulfone groups is 1. The van der Waals surface area contributed by atoms with E-state index in [1.54, 1.807) is 6.21 Å². The van der Waals surface area contributed by atoms with E-state index < -0.39 is 15.8 Å². The normalized spacial score (nSPS) is 18.9. The van der Waals surface area contributed by atoms with Crippen molar-refractivity contribution >= 4 is 22.0 Å². The molecule has 0 spiro atoms. The molecule has 1 atom stereocenters. The second-order valence-corrected chi connectivity index (χ2v) is 9.29. The fourth-order valence-electron chi connectivity index (χ4n) is 3.17. The van der Waals surface area contributed by atoms with Gasteiger partial charge in [-0.15, -0.1) is 0 Å². The van der Waals surface area contributed by atoms with Crippen molar-refractivity contribution in [3.05, 3.63) is 52.3 Å². The number of hydrogen-bond acceptors (Lipinski definition) is 5. The Balaban J connectivity index is 1.66. The lowest BCUT2D eigenvalue weighted by Crippen LogP contribution is -2.27. The number of nitrogens with zero attached hydrogens (tertiary/aromatic N) is 3. The predicted octanol–water partition coefficient (Wildman–Crippen LogP) is 1.74. The summed E-state index contributed by atoms with van der Waals surface area (Å²) in [6, 6.07) is 8.30. The highest BCUT2D eigenvalue weighted by atomic mass is 32.2. The van der Waals surface area contributed by atoms with Gasteiger partial charge in [-0.05, 0) is 32.8 Å². The van der Waals surface area contributed by atoms with Crippen LogP contribution in [0.2, 0.25) is 0 Å². The van der Waals surface area contributed by atoms with Crippen molar-refractivity contribution in [3.63, 3.8) is 0 Å². The molecule has 1 aromatic heterocycles. The second-order valence-electron chi connectivity index (χ2n) is 7.06. The molecule has 2 aromatic rings. The highest BCUT2D eigenvalue weighted by Crippen LogP contribution is 2.18. The molecule has 7 nitrogen and oxygen atoms in total. The van der Waals surface area contributed by atoms with Crippen LogP contribution < -0.4 is 5.43 Å². The van der Waals surface area contributed by atoms with Crippen LogP contribution in [0.25, 0.3) is 0 Å². The number of hydrogen-bond donors (Lipinski definition) is 1. The Morgan fingerprint density at radius 1 is 1.30 bits per heavy atom. The van der Waals surface area contributed by atoms with Crippen molar-refractivity contribution in [2.75, 3.05) is 11.5 Å². The molecule has 0 radical (unpaired) electrons. The van der Waals surface area contributed by atoms with Gasteiger partial charge in [0.05, 0.1) is 35.9 Å². The van der Waals surface area contributed by atoms with Gasteiger partial charge in [0.2, 0.25) is 5.91 Å². The quantitative estimate of drug-likeness (QED) is 0.624. The third kappa shape index (κ3) is 4.63. The van der Waals surface area contributed by atoms with Crippen LogP contribution in [0.4, 0.5) is 0 Å². The first-order valence-electron chi connectivity index (χ1n) is 8.88. The lowest BCUT2D eigenvalue weighted by molar-refractivity contribution is -0.124. The molecule has 1 aliphatic heterocycles. The van der Waals surface area contributed by atoms with Crippen LogP contribution in [-0.4, -0.2) is 41.8 Å². The summed E-state index contributed by atoms with van der Waals surface area (Å²) in [7, 11) is -3.09. The van der Waals surface area contributed by atoms with E-state index in [-0.39, 0.29) is 17.4 Å². The molecule has 1 amide bonds. The Bertz CT molecular complexity index is 975. The highest BCUT2D eigenvalue weighted by molar-refractivity contribution is 7.91. The molecule has 0 aliphatic carbocycles. The average molecular weight is 388 g/mol. The van der Waals surface area contributed by atoms with Gasteiger partial charge in [0.25, 0.3) is 0 Å². The van der Waals surface area contributed by atoms with Crippen molar-refractivity contribution in [2.24, 2.45) is 11.0 Å². The molecule has 1 N–H and O–H groups in total. The summed E-state index contributed by atoms with van der Waals surface area (Å²) in [5.41, 5.74) is 7.45. The second kappa shape index (κ2) is 7.64. The summed E-state index contributed by atoms with van der Waals surface area (Å²) in [5, 5.41) is 8.57. The molecular formula is C19H24N4O3S. The van der Waals surface area contributed by atoms with E-state index in [1.807, 2.05) is 18.5 Å². The Morgan fingerprint density at radius 3 is 2.63 bits per heavy atom. The number of benzene rings is 1. The molecule has 0 bridgehead atoms. The van der Waals surface area contributed by atoms with Gasteiger partial charge in [-0.3, -0.25) is 9.48 Å². The predicted molar refractivity (Wildman–Crippen MR) is 104 cm³/mol. The Labute approximate surface area is 159 Å². The molecule has 144 valence electrons. The molecular weight excluding hydrogens is 364 g/mol. The molecule has 0 saturated carbocycles. The summed E-state index contributed by atoms with van der Waals surface area (Å²) in [6.45, 7) is 6.57. The van der Waals surface area contributed by atoms with Crippen LogP contribution >= 0.6 is 0 Å². The Morgan fingerprint density at radius 2 is 2.00 bits per heavy atom. The van der Waals surface area contributed by atoms with Crippen LogP contribution in [0.5, 0.6) is 0 Å². The largest absolute Gasteiger partial charge is 0.273 e. The van der Waals surface area contributed by atoms with E-state index >= 15 is 0 Å². The third-order valence-electron chi connectivity index (χ3n) is 4.86. The van der Waals surface area contributed by atoms with Gasteiger partial charge in [0.15, 0.2) is 9.84 Å². The fourth-order valence-corrected chi connectivity index (χ4v) is 4.91. The molecule has 0 unspecified atom stereocenters. The van der Waals surface area contributed by atoms with Crippen LogP contribution in [0, 0.1) is 26.7 Å². The highest BCUT2D eigenvalue weighted by Gasteiger charge is 2.32. The molecule has 1 aliphatic rings. The topological polar surface area (TPSA) is 93.4 Å². The van der Waals surface area contributed by atoms with Crippen molar-refractivity contribution in [3.8, 4) is 0 Å². The monoisotopic (exact) mass is 388 g/mol. The zero-order valence-corrected chi connectivity index (χ0v) is 16.6. The van der Waals surface area contributed by atoms with Crippen molar-refractivity contribution < 1.29 is 13.2 Å². The number of nitrogens with one attached hydrogen (secondary N) is 1. The number of amides is 1. The SMILES string of the molecule is Cc1ccc(Cn2nc(C)c(/C=N\NC(=O)[C@H]3CCS(=O)(=O)C3)c2C)cc1. The average Bonchev–Trinajstić information content (AvgIpc) is 3.10. The number of aromatic nitrogens is 2. The lowest BCUT2D eigenvalue weighted by atomic mass is 10.1. The fraction of sp³-hybridized carbons (Fsp3) is 0.421. The number of hydrazone groups is 1. The van der Waals surface area contributed by atoms with Gasteiger partial charge in [-0.25, -0.2) is 13.8 Å². The number of carbonyl (C=O) groups excluding carboxylic acids is 1. The molecule has 27 heavy (non-hydrogen) atoms. The van der Waals surface area contributed by atoms with Crippen LogP contribution in [-0.2, 0) is 21.2 Å². The Hall–Kier alpha value is -2.48. The first-order chi connectivity index (χ1) is 12.7. The molecule has 1 fully saturated rings. The smallest absolute Gasteiger partial charge is 0.244 e. The molecule has 3 rings (SSSR count). The maximum atomic E-state index is 12.1. The zero-order chi connectivity index (χ0) is 19.6. The van der Waals surface area contributed by atoms with Gasteiger partial charge >= 0.3 is 0 Å². The van der Waals surface area contributed by atoms with Gasteiger partial charge in [-0.2, -0.15) is 10.2 Å². The first-order valence-corrected chi connectivity index (χ1v) is 10.7. The van der Waals surface area contributed by atoms with E-state index in [9.17, 15) is 13.2 Å². The van der Waals surface area contributed by atoms with Gasteiger partial charge in [-0.1, -0.05) is 29.8 Å². The van der Waals surface area contributed by atoms with E-state index in [2.05, 4.69) is 46.8 Å². The Kier molecular flexibility index (Phi) is 5.46.